The van der Waals surface area contributed by atoms with E-state index in [-0.39, 0.29) is 5.97 Å². The lowest BCUT2D eigenvalue weighted by molar-refractivity contribution is -0.144. The zero-order valence-electron chi connectivity index (χ0n) is 10.2. The van der Waals surface area contributed by atoms with E-state index >= 15 is 0 Å². The Morgan fingerprint density at radius 3 is 2.62 bits per heavy atom. The number of nitrogens with zero attached hydrogens (tertiary/aromatic N) is 1. The number of esters is 1. The van der Waals surface area contributed by atoms with Crippen molar-refractivity contribution in [3.05, 3.63) is 0 Å². The van der Waals surface area contributed by atoms with Gasteiger partial charge in [0.1, 0.15) is 0 Å². The Hall–Kier alpha value is -0.610. The Labute approximate surface area is 97.3 Å². The first-order chi connectivity index (χ1) is 7.70. The summed E-state index contributed by atoms with van der Waals surface area (Å²) in [6.45, 7) is 9.04. The van der Waals surface area contributed by atoms with Crippen molar-refractivity contribution in [1.82, 2.24) is 10.2 Å². The predicted octanol–water partition coefficient (Wildman–Crippen LogP) is 0.479. The van der Waals surface area contributed by atoms with Gasteiger partial charge in [0.15, 0.2) is 0 Å². The van der Waals surface area contributed by atoms with Gasteiger partial charge in [0.2, 0.25) is 0 Å². The zero-order valence-corrected chi connectivity index (χ0v) is 10.2. The minimum Gasteiger partial charge on any atom is -0.466 e. The number of nitrogens with one attached hydrogen (secondary N) is 1. The Kier molecular flexibility index (Phi) is 3.82. The molecule has 0 amide bonds. The molecule has 2 saturated heterocycles. The summed E-state index contributed by atoms with van der Waals surface area (Å²) in [5.41, 5.74) is 0. The topological polar surface area (TPSA) is 41.6 Å². The minimum absolute atomic E-state index is 0.0646. The molecular weight excluding hydrogens is 204 g/mol. The summed E-state index contributed by atoms with van der Waals surface area (Å²) in [6, 6.07) is 0.324. The third kappa shape index (κ3) is 2.55. The third-order valence-corrected chi connectivity index (χ3v) is 3.81. The highest BCUT2D eigenvalue weighted by atomic mass is 16.5. The lowest BCUT2D eigenvalue weighted by Crippen LogP contribution is -2.35. The van der Waals surface area contributed by atoms with Crippen molar-refractivity contribution in [2.24, 2.45) is 11.8 Å². The summed E-state index contributed by atoms with van der Waals surface area (Å²) >= 11 is 0. The lowest BCUT2D eigenvalue weighted by atomic mass is 10.0. The van der Waals surface area contributed by atoms with Crippen LogP contribution in [0.3, 0.4) is 0 Å². The molecule has 0 radical (unpaired) electrons. The van der Waals surface area contributed by atoms with Crippen LogP contribution in [0, 0.1) is 11.8 Å². The maximum Gasteiger partial charge on any atom is 0.307 e. The van der Waals surface area contributed by atoms with Gasteiger partial charge in [0, 0.05) is 19.1 Å². The second kappa shape index (κ2) is 5.15. The first-order valence-electron chi connectivity index (χ1n) is 6.31. The number of likely N-dealkylation sites (tertiary alicyclic amines) is 1. The molecule has 0 bridgehead atoms. The summed E-state index contributed by atoms with van der Waals surface area (Å²) in [5, 5.41) is 3.43. The molecule has 1 N–H and O–H groups in total. The summed E-state index contributed by atoms with van der Waals surface area (Å²) in [4.78, 5) is 13.8. The van der Waals surface area contributed by atoms with E-state index in [1.165, 1.54) is 0 Å². The van der Waals surface area contributed by atoms with E-state index in [9.17, 15) is 4.79 Å². The van der Waals surface area contributed by atoms with Crippen molar-refractivity contribution in [2.75, 3.05) is 32.8 Å². The predicted molar refractivity (Wildman–Crippen MR) is 62.1 cm³/mol. The largest absolute Gasteiger partial charge is 0.466 e. The van der Waals surface area contributed by atoms with Gasteiger partial charge in [-0.15, -0.1) is 0 Å². The van der Waals surface area contributed by atoms with Crippen molar-refractivity contribution in [2.45, 2.75) is 26.3 Å². The standard InChI is InChI=1S/C12H22N2O2/c1-3-16-12(15)4-9(2)14-7-10-5-13-6-11(10)8-14/h9-11,13H,3-8H2,1-2H3. The molecule has 16 heavy (non-hydrogen) atoms. The Bertz CT molecular complexity index is 245. The molecule has 0 spiro atoms. The Morgan fingerprint density at radius 1 is 1.44 bits per heavy atom. The molecule has 4 nitrogen and oxygen atoms in total. The molecule has 2 fully saturated rings. The van der Waals surface area contributed by atoms with Crippen LogP contribution in [0.5, 0.6) is 0 Å². The Balaban J connectivity index is 1.78. The second-order valence-electron chi connectivity index (χ2n) is 4.99. The van der Waals surface area contributed by atoms with E-state index in [0.717, 1.165) is 38.0 Å². The van der Waals surface area contributed by atoms with E-state index in [2.05, 4.69) is 17.1 Å². The number of hydrogen-bond donors (Lipinski definition) is 1. The van der Waals surface area contributed by atoms with Gasteiger partial charge in [-0.1, -0.05) is 0 Å². The summed E-state index contributed by atoms with van der Waals surface area (Å²) < 4.78 is 4.99. The van der Waals surface area contributed by atoms with Crippen molar-refractivity contribution < 1.29 is 9.53 Å². The van der Waals surface area contributed by atoms with E-state index in [1.807, 2.05) is 6.92 Å². The number of rotatable bonds is 4. The molecule has 4 heteroatoms. The van der Waals surface area contributed by atoms with Gasteiger partial charge in [-0.3, -0.25) is 9.69 Å². The molecule has 92 valence electrons. The van der Waals surface area contributed by atoms with Gasteiger partial charge in [-0.2, -0.15) is 0 Å². The first kappa shape index (κ1) is 11.9. The summed E-state index contributed by atoms with van der Waals surface area (Å²) in [5.74, 6) is 1.53. The lowest BCUT2D eigenvalue weighted by Gasteiger charge is -2.24. The maximum absolute atomic E-state index is 11.4. The van der Waals surface area contributed by atoms with Crippen LogP contribution in [0.25, 0.3) is 0 Å². The highest BCUT2D eigenvalue weighted by Crippen LogP contribution is 2.28. The maximum atomic E-state index is 11.4. The van der Waals surface area contributed by atoms with Crippen molar-refractivity contribution >= 4 is 5.97 Å². The fraction of sp³-hybridized carbons (Fsp3) is 0.917. The van der Waals surface area contributed by atoms with E-state index < -0.39 is 0 Å². The molecule has 0 aromatic rings. The van der Waals surface area contributed by atoms with Crippen LogP contribution in [0.4, 0.5) is 0 Å². The molecule has 2 heterocycles. The fourth-order valence-corrected chi connectivity index (χ4v) is 2.84. The number of carbonyl (C=O) groups is 1. The fourth-order valence-electron chi connectivity index (χ4n) is 2.84. The van der Waals surface area contributed by atoms with E-state index in [1.54, 1.807) is 0 Å². The number of hydrogen-bond acceptors (Lipinski definition) is 4. The monoisotopic (exact) mass is 226 g/mol. The highest BCUT2D eigenvalue weighted by Gasteiger charge is 2.37. The van der Waals surface area contributed by atoms with Crippen LogP contribution in [0.1, 0.15) is 20.3 Å². The van der Waals surface area contributed by atoms with Crippen LogP contribution < -0.4 is 5.32 Å². The normalized spacial score (nSPS) is 31.4. The van der Waals surface area contributed by atoms with Crippen molar-refractivity contribution in [3.63, 3.8) is 0 Å². The zero-order chi connectivity index (χ0) is 11.5. The van der Waals surface area contributed by atoms with Gasteiger partial charge in [0.25, 0.3) is 0 Å². The van der Waals surface area contributed by atoms with Gasteiger partial charge in [-0.25, -0.2) is 0 Å². The smallest absolute Gasteiger partial charge is 0.307 e. The van der Waals surface area contributed by atoms with Gasteiger partial charge in [-0.05, 0) is 38.8 Å². The van der Waals surface area contributed by atoms with Crippen LogP contribution in [-0.2, 0) is 9.53 Å². The number of fused-ring (bicyclic) bond motifs is 1. The minimum atomic E-state index is -0.0646. The summed E-state index contributed by atoms with van der Waals surface area (Å²) in [7, 11) is 0. The number of carbonyl (C=O) groups excluding carboxylic acids is 1. The molecule has 2 aliphatic heterocycles. The van der Waals surface area contributed by atoms with Crippen molar-refractivity contribution in [3.8, 4) is 0 Å². The molecule has 0 aromatic heterocycles. The molecule has 0 saturated carbocycles. The molecular formula is C12H22N2O2. The molecule has 2 aliphatic rings. The molecule has 0 aliphatic carbocycles. The van der Waals surface area contributed by atoms with Crippen LogP contribution in [0.15, 0.2) is 0 Å². The SMILES string of the molecule is CCOC(=O)CC(C)N1CC2CNCC2C1. The molecule has 3 unspecified atom stereocenters. The second-order valence-corrected chi connectivity index (χ2v) is 4.99. The Morgan fingerprint density at radius 2 is 2.06 bits per heavy atom. The molecule has 3 atom stereocenters. The highest BCUT2D eigenvalue weighted by molar-refractivity contribution is 5.70. The average Bonchev–Trinajstić information content (AvgIpc) is 2.76. The van der Waals surface area contributed by atoms with E-state index in [4.69, 9.17) is 4.74 Å². The quantitative estimate of drug-likeness (QED) is 0.708. The van der Waals surface area contributed by atoms with Crippen LogP contribution in [-0.4, -0.2) is 49.7 Å². The summed E-state index contributed by atoms with van der Waals surface area (Å²) in [6.07, 6.45) is 0.528. The van der Waals surface area contributed by atoms with Gasteiger partial charge in [0.05, 0.1) is 13.0 Å². The van der Waals surface area contributed by atoms with E-state index in [0.29, 0.717) is 19.1 Å². The molecule has 0 aromatic carbocycles. The van der Waals surface area contributed by atoms with Crippen LogP contribution >= 0.6 is 0 Å². The first-order valence-corrected chi connectivity index (χ1v) is 6.31. The van der Waals surface area contributed by atoms with Gasteiger partial charge < -0.3 is 10.1 Å². The molecule has 2 rings (SSSR count). The van der Waals surface area contributed by atoms with Gasteiger partial charge >= 0.3 is 5.97 Å². The average molecular weight is 226 g/mol. The van der Waals surface area contributed by atoms with Crippen molar-refractivity contribution in [1.29, 1.82) is 0 Å². The third-order valence-electron chi connectivity index (χ3n) is 3.81. The van der Waals surface area contributed by atoms with Crippen LogP contribution in [0.2, 0.25) is 0 Å². The number of ether oxygens (including phenoxy) is 1.